The minimum absolute atomic E-state index is 0.119. The Morgan fingerprint density at radius 1 is 1.37 bits per heavy atom. The van der Waals surface area contributed by atoms with E-state index in [0.717, 1.165) is 18.7 Å². The first-order valence-electron chi connectivity index (χ1n) is 5.36. The molecule has 0 fully saturated rings. The molecule has 1 heterocycles. The predicted molar refractivity (Wildman–Crippen MR) is 84.9 cm³/mol. The lowest BCUT2D eigenvalue weighted by molar-refractivity contribution is 0.556. The number of halogens is 4. The number of hydrogen-bond acceptors (Lipinski definition) is 3. The van der Waals surface area contributed by atoms with Crippen LogP contribution in [-0.4, -0.2) is 0 Å². The SMILES string of the molecule is NNC(Cc1cc(F)ccc1Cl)c1cc(Br)c(Br)s1. The molecule has 7 heteroatoms. The maximum atomic E-state index is 13.2. The van der Waals surface area contributed by atoms with Crippen molar-refractivity contribution in [3.63, 3.8) is 0 Å². The molecule has 0 amide bonds. The Kier molecular flexibility index (Phi) is 5.39. The fraction of sp³-hybridized carbons (Fsp3) is 0.167. The summed E-state index contributed by atoms with van der Waals surface area (Å²) in [5.41, 5.74) is 3.47. The van der Waals surface area contributed by atoms with Crippen LogP contribution in [0.3, 0.4) is 0 Å². The van der Waals surface area contributed by atoms with Crippen molar-refractivity contribution in [2.75, 3.05) is 0 Å². The third-order valence-electron chi connectivity index (χ3n) is 2.64. The van der Waals surface area contributed by atoms with Gasteiger partial charge in [0, 0.05) is 14.4 Å². The number of hydrogen-bond donors (Lipinski definition) is 2. The highest BCUT2D eigenvalue weighted by Crippen LogP contribution is 2.36. The van der Waals surface area contributed by atoms with E-state index < -0.39 is 0 Å². The van der Waals surface area contributed by atoms with Gasteiger partial charge in [0.1, 0.15) is 5.82 Å². The molecule has 0 radical (unpaired) electrons. The average Bonchev–Trinajstić information content (AvgIpc) is 2.70. The van der Waals surface area contributed by atoms with Gasteiger partial charge in [0.05, 0.1) is 9.83 Å². The van der Waals surface area contributed by atoms with Crippen LogP contribution in [-0.2, 0) is 6.42 Å². The Hall–Kier alpha value is 0.0200. The summed E-state index contributed by atoms with van der Waals surface area (Å²) < 4.78 is 15.2. The zero-order valence-corrected chi connectivity index (χ0v) is 14.3. The lowest BCUT2D eigenvalue weighted by atomic mass is 10.0. The van der Waals surface area contributed by atoms with Crippen molar-refractivity contribution in [3.8, 4) is 0 Å². The Balaban J connectivity index is 2.26. The van der Waals surface area contributed by atoms with Crippen molar-refractivity contribution in [1.82, 2.24) is 5.43 Å². The molecule has 0 saturated heterocycles. The molecule has 1 unspecified atom stereocenters. The van der Waals surface area contributed by atoms with E-state index in [-0.39, 0.29) is 11.9 Å². The Morgan fingerprint density at radius 3 is 2.68 bits per heavy atom. The van der Waals surface area contributed by atoms with Crippen LogP contribution < -0.4 is 11.3 Å². The van der Waals surface area contributed by atoms with Crippen LogP contribution in [0.4, 0.5) is 4.39 Å². The summed E-state index contributed by atoms with van der Waals surface area (Å²) in [6.07, 6.45) is 0.520. The number of thiophene rings is 1. The van der Waals surface area contributed by atoms with Crippen LogP contribution in [0.25, 0.3) is 0 Å². The fourth-order valence-electron chi connectivity index (χ4n) is 1.70. The van der Waals surface area contributed by atoms with Crippen molar-refractivity contribution < 1.29 is 4.39 Å². The lowest BCUT2D eigenvalue weighted by Gasteiger charge is -2.15. The van der Waals surface area contributed by atoms with Gasteiger partial charge in [0.2, 0.25) is 0 Å². The lowest BCUT2D eigenvalue weighted by Crippen LogP contribution is -2.29. The first kappa shape index (κ1) is 15.4. The molecule has 0 saturated carbocycles. The molecule has 19 heavy (non-hydrogen) atoms. The van der Waals surface area contributed by atoms with Crippen LogP contribution in [0.2, 0.25) is 5.02 Å². The van der Waals surface area contributed by atoms with Gasteiger partial charge >= 0.3 is 0 Å². The smallest absolute Gasteiger partial charge is 0.123 e. The quantitative estimate of drug-likeness (QED) is 0.542. The average molecular weight is 429 g/mol. The summed E-state index contributed by atoms with van der Waals surface area (Å²) in [6.45, 7) is 0. The van der Waals surface area contributed by atoms with Gasteiger partial charge in [-0.2, -0.15) is 0 Å². The number of hydrazine groups is 1. The highest BCUT2D eigenvalue weighted by molar-refractivity contribution is 9.13. The molecule has 1 aromatic carbocycles. The van der Waals surface area contributed by atoms with Gasteiger partial charge in [0.25, 0.3) is 0 Å². The highest BCUT2D eigenvalue weighted by atomic mass is 79.9. The monoisotopic (exact) mass is 426 g/mol. The zero-order chi connectivity index (χ0) is 14.0. The van der Waals surface area contributed by atoms with Crippen LogP contribution in [0, 0.1) is 5.82 Å². The summed E-state index contributed by atoms with van der Waals surface area (Å²) in [7, 11) is 0. The summed E-state index contributed by atoms with van der Waals surface area (Å²) in [4.78, 5) is 1.04. The minimum Gasteiger partial charge on any atom is -0.271 e. The van der Waals surface area contributed by atoms with Gasteiger partial charge in [-0.05, 0) is 68.1 Å². The maximum absolute atomic E-state index is 13.2. The largest absolute Gasteiger partial charge is 0.271 e. The minimum atomic E-state index is -0.302. The van der Waals surface area contributed by atoms with Crippen molar-refractivity contribution in [2.24, 2.45) is 5.84 Å². The van der Waals surface area contributed by atoms with Crippen molar-refractivity contribution >= 4 is 54.8 Å². The number of nitrogens with one attached hydrogen (secondary N) is 1. The van der Waals surface area contributed by atoms with Gasteiger partial charge < -0.3 is 0 Å². The van der Waals surface area contributed by atoms with Gasteiger partial charge in [-0.1, -0.05) is 11.6 Å². The number of nitrogens with two attached hydrogens (primary N) is 1. The highest BCUT2D eigenvalue weighted by Gasteiger charge is 2.17. The number of benzene rings is 1. The van der Waals surface area contributed by atoms with Crippen LogP contribution in [0.15, 0.2) is 32.5 Å². The van der Waals surface area contributed by atoms with Crippen molar-refractivity contribution in [1.29, 1.82) is 0 Å². The Labute approximate surface area is 136 Å². The molecular weight excluding hydrogens is 418 g/mol. The van der Waals surface area contributed by atoms with Crippen LogP contribution in [0.5, 0.6) is 0 Å². The summed E-state index contributed by atoms with van der Waals surface area (Å²) in [6, 6.07) is 6.19. The number of rotatable bonds is 4. The molecule has 2 aromatic rings. The molecule has 0 spiro atoms. The van der Waals surface area contributed by atoms with E-state index in [4.69, 9.17) is 17.4 Å². The summed E-state index contributed by atoms with van der Waals surface area (Å²) in [5.74, 6) is 5.29. The molecule has 2 nitrogen and oxygen atoms in total. The zero-order valence-electron chi connectivity index (χ0n) is 9.59. The second-order valence-electron chi connectivity index (χ2n) is 3.93. The van der Waals surface area contributed by atoms with E-state index >= 15 is 0 Å². The second-order valence-corrected chi connectivity index (χ2v) is 7.59. The Morgan fingerprint density at radius 2 is 2.11 bits per heavy atom. The van der Waals surface area contributed by atoms with Crippen LogP contribution >= 0.6 is 54.8 Å². The summed E-state index contributed by atoms with van der Waals surface area (Å²) >= 11 is 14.5. The molecule has 0 aliphatic carbocycles. The molecule has 0 bridgehead atoms. The van der Waals surface area contributed by atoms with E-state index in [1.54, 1.807) is 17.4 Å². The molecule has 1 atom stereocenters. The van der Waals surface area contributed by atoms with Crippen LogP contribution in [0.1, 0.15) is 16.5 Å². The molecule has 2 rings (SSSR count). The third-order valence-corrected chi connectivity index (χ3v) is 6.38. The van der Waals surface area contributed by atoms with Crippen molar-refractivity contribution in [3.05, 3.63) is 53.8 Å². The van der Waals surface area contributed by atoms with E-state index in [2.05, 4.69) is 37.3 Å². The first-order valence-corrected chi connectivity index (χ1v) is 8.14. The maximum Gasteiger partial charge on any atom is 0.123 e. The Bertz CT molecular complexity index is 572. The molecule has 1 aromatic heterocycles. The van der Waals surface area contributed by atoms with Gasteiger partial charge in [-0.15, -0.1) is 11.3 Å². The first-order chi connectivity index (χ1) is 9.01. The van der Waals surface area contributed by atoms with Gasteiger partial charge in [-0.25, -0.2) is 4.39 Å². The van der Waals surface area contributed by atoms with Crippen molar-refractivity contribution in [2.45, 2.75) is 12.5 Å². The second kappa shape index (κ2) is 6.65. The van der Waals surface area contributed by atoms with Gasteiger partial charge in [0.15, 0.2) is 0 Å². The third kappa shape index (κ3) is 3.77. The van der Waals surface area contributed by atoms with Gasteiger partial charge in [-0.3, -0.25) is 11.3 Å². The van der Waals surface area contributed by atoms with E-state index in [9.17, 15) is 4.39 Å². The molecule has 0 aliphatic heterocycles. The molecule has 102 valence electrons. The van der Waals surface area contributed by atoms with E-state index in [0.29, 0.717) is 11.4 Å². The fourth-order valence-corrected chi connectivity index (χ4v) is 4.04. The standard InChI is InChI=1S/C12H10Br2ClFN2S/c13-8-5-11(19-12(8)14)10(18-17)4-6-3-7(16)1-2-9(6)15/h1-3,5,10,18H,4,17H2. The predicted octanol–water partition coefficient (Wildman–Crippen LogP) is 4.81. The molecule has 0 aliphatic rings. The van der Waals surface area contributed by atoms with E-state index in [1.807, 2.05) is 6.07 Å². The molecular formula is C12H10Br2ClFN2S. The van der Waals surface area contributed by atoms with E-state index in [1.165, 1.54) is 12.1 Å². The normalized spacial score (nSPS) is 12.7. The molecule has 3 N–H and O–H groups in total. The topological polar surface area (TPSA) is 38.0 Å². The summed E-state index contributed by atoms with van der Waals surface area (Å²) in [5, 5.41) is 0.538.